The Kier molecular flexibility index (Phi) is 5.43. The number of amides is 1. The Morgan fingerprint density at radius 3 is 2.64 bits per heavy atom. The maximum atomic E-state index is 13.0. The molecule has 2 aromatic heterocycles. The SMILES string of the molecule is Cc1cc(C)c2nc(N(CC[NH+](C)C)C(=O)c3ccc(Cl)s3)sc2c1. The van der Waals surface area contributed by atoms with Crippen LogP contribution in [0, 0.1) is 13.8 Å². The van der Waals surface area contributed by atoms with E-state index < -0.39 is 0 Å². The van der Waals surface area contributed by atoms with Gasteiger partial charge in [-0.3, -0.25) is 9.69 Å². The van der Waals surface area contributed by atoms with E-state index in [0.29, 0.717) is 15.8 Å². The molecular weight excluding hydrogens is 374 g/mol. The lowest BCUT2D eigenvalue weighted by Crippen LogP contribution is -3.06. The molecule has 0 saturated carbocycles. The number of hydrogen-bond acceptors (Lipinski definition) is 4. The summed E-state index contributed by atoms with van der Waals surface area (Å²) < 4.78 is 1.74. The number of fused-ring (bicyclic) bond motifs is 1. The summed E-state index contributed by atoms with van der Waals surface area (Å²) in [5.41, 5.74) is 3.33. The summed E-state index contributed by atoms with van der Waals surface area (Å²) in [4.78, 5) is 21.5. The molecule has 0 spiro atoms. The summed E-state index contributed by atoms with van der Waals surface area (Å²) in [7, 11) is 4.16. The highest BCUT2D eigenvalue weighted by Crippen LogP contribution is 2.33. The zero-order chi connectivity index (χ0) is 18.1. The second-order valence-corrected chi connectivity index (χ2v) is 9.17. The molecule has 0 atom stereocenters. The van der Waals surface area contributed by atoms with Gasteiger partial charge in [-0.05, 0) is 43.2 Å². The van der Waals surface area contributed by atoms with Crippen LogP contribution >= 0.6 is 34.3 Å². The third-order valence-electron chi connectivity index (χ3n) is 3.91. The number of carbonyl (C=O) groups is 1. The fourth-order valence-electron chi connectivity index (χ4n) is 2.66. The number of carbonyl (C=O) groups excluding carboxylic acids is 1. The number of thiophene rings is 1. The van der Waals surface area contributed by atoms with Crippen molar-refractivity contribution in [2.75, 3.05) is 32.1 Å². The number of quaternary nitrogens is 1. The number of benzene rings is 1. The van der Waals surface area contributed by atoms with Crippen molar-refractivity contribution in [1.29, 1.82) is 0 Å². The molecule has 0 aliphatic rings. The molecule has 7 heteroatoms. The van der Waals surface area contributed by atoms with Crippen LogP contribution in [0.4, 0.5) is 5.13 Å². The van der Waals surface area contributed by atoms with Crippen LogP contribution in [0.3, 0.4) is 0 Å². The minimum atomic E-state index is -0.0356. The van der Waals surface area contributed by atoms with E-state index in [0.717, 1.165) is 27.5 Å². The van der Waals surface area contributed by atoms with Gasteiger partial charge in [-0.25, -0.2) is 4.98 Å². The molecule has 132 valence electrons. The fourth-order valence-corrected chi connectivity index (χ4v) is 4.81. The van der Waals surface area contributed by atoms with Gasteiger partial charge in [0.05, 0.1) is 46.6 Å². The highest BCUT2D eigenvalue weighted by Gasteiger charge is 2.23. The first-order chi connectivity index (χ1) is 11.8. The third-order valence-corrected chi connectivity index (χ3v) is 6.16. The minimum absolute atomic E-state index is 0.0356. The number of rotatable bonds is 5. The van der Waals surface area contributed by atoms with Crippen LogP contribution in [0.2, 0.25) is 4.34 Å². The largest absolute Gasteiger partial charge is 0.338 e. The molecule has 0 bridgehead atoms. The molecule has 0 aliphatic heterocycles. The number of nitrogens with zero attached hydrogens (tertiary/aromatic N) is 2. The maximum absolute atomic E-state index is 13.0. The van der Waals surface area contributed by atoms with Gasteiger partial charge >= 0.3 is 0 Å². The first kappa shape index (κ1) is 18.3. The number of hydrogen-bond donors (Lipinski definition) is 1. The van der Waals surface area contributed by atoms with Crippen LogP contribution in [-0.2, 0) is 0 Å². The van der Waals surface area contributed by atoms with E-state index in [-0.39, 0.29) is 5.91 Å². The molecule has 0 aliphatic carbocycles. The lowest BCUT2D eigenvalue weighted by atomic mass is 10.1. The van der Waals surface area contributed by atoms with Crippen LogP contribution in [0.25, 0.3) is 10.2 Å². The fraction of sp³-hybridized carbons (Fsp3) is 0.333. The molecule has 0 radical (unpaired) electrons. The number of nitrogens with one attached hydrogen (secondary N) is 1. The monoisotopic (exact) mass is 394 g/mol. The number of likely N-dealkylation sites (N-methyl/N-ethyl adjacent to an activating group) is 1. The average Bonchev–Trinajstić information content (AvgIpc) is 3.13. The van der Waals surface area contributed by atoms with Gasteiger partial charge < -0.3 is 4.90 Å². The van der Waals surface area contributed by atoms with E-state index in [4.69, 9.17) is 16.6 Å². The molecule has 4 nitrogen and oxygen atoms in total. The Morgan fingerprint density at radius 2 is 2.00 bits per heavy atom. The van der Waals surface area contributed by atoms with Crippen molar-refractivity contribution in [3.63, 3.8) is 0 Å². The molecular formula is C18H21ClN3OS2+. The molecule has 25 heavy (non-hydrogen) atoms. The highest BCUT2D eigenvalue weighted by atomic mass is 35.5. The van der Waals surface area contributed by atoms with Gasteiger partial charge in [-0.2, -0.15) is 0 Å². The second kappa shape index (κ2) is 7.41. The van der Waals surface area contributed by atoms with Crippen molar-refractivity contribution in [3.8, 4) is 0 Å². The van der Waals surface area contributed by atoms with Crippen LogP contribution in [0.1, 0.15) is 20.8 Å². The van der Waals surface area contributed by atoms with E-state index >= 15 is 0 Å². The van der Waals surface area contributed by atoms with E-state index in [1.807, 2.05) is 0 Å². The zero-order valence-corrected chi connectivity index (χ0v) is 17.1. The highest BCUT2D eigenvalue weighted by molar-refractivity contribution is 7.22. The lowest BCUT2D eigenvalue weighted by molar-refractivity contribution is -0.856. The van der Waals surface area contributed by atoms with E-state index in [1.165, 1.54) is 21.8 Å². The minimum Gasteiger partial charge on any atom is -0.338 e. The van der Waals surface area contributed by atoms with Crippen LogP contribution < -0.4 is 9.80 Å². The van der Waals surface area contributed by atoms with Crippen molar-refractivity contribution in [2.24, 2.45) is 0 Å². The zero-order valence-electron chi connectivity index (χ0n) is 14.7. The number of thiazole rings is 1. The third kappa shape index (κ3) is 4.03. The van der Waals surface area contributed by atoms with Crippen molar-refractivity contribution < 1.29 is 9.69 Å². The van der Waals surface area contributed by atoms with Crippen LogP contribution in [0.5, 0.6) is 0 Å². The Bertz CT molecular complexity index is 916. The molecule has 1 amide bonds. The van der Waals surface area contributed by atoms with Gasteiger partial charge in [0.15, 0.2) is 5.13 Å². The van der Waals surface area contributed by atoms with Crippen molar-refractivity contribution in [1.82, 2.24) is 4.98 Å². The second-order valence-electron chi connectivity index (χ2n) is 6.44. The Balaban J connectivity index is 2.01. The normalized spacial score (nSPS) is 11.4. The average molecular weight is 395 g/mol. The summed E-state index contributed by atoms with van der Waals surface area (Å²) in [6, 6.07) is 7.81. The summed E-state index contributed by atoms with van der Waals surface area (Å²) in [5.74, 6) is -0.0356. The summed E-state index contributed by atoms with van der Waals surface area (Å²) in [6.07, 6.45) is 0. The van der Waals surface area contributed by atoms with E-state index in [9.17, 15) is 4.79 Å². The molecule has 1 aromatic carbocycles. The molecule has 0 saturated heterocycles. The standard InChI is InChI=1S/C18H20ClN3OS2/c1-11-9-12(2)16-14(10-11)25-18(20-16)22(8-7-21(3)4)17(23)13-5-6-15(19)24-13/h5-6,9-10H,7-8H2,1-4H3/p+1. The quantitative estimate of drug-likeness (QED) is 0.720. The number of aryl methyl sites for hydroxylation is 2. The summed E-state index contributed by atoms with van der Waals surface area (Å²) in [6.45, 7) is 5.61. The van der Waals surface area contributed by atoms with Gasteiger partial charge in [-0.15, -0.1) is 11.3 Å². The topological polar surface area (TPSA) is 37.6 Å². The molecule has 0 fully saturated rings. The Morgan fingerprint density at radius 1 is 1.24 bits per heavy atom. The van der Waals surface area contributed by atoms with Gasteiger partial charge in [0.2, 0.25) is 0 Å². The van der Waals surface area contributed by atoms with Crippen LogP contribution in [-0.4, -0.2) is 38.1 Å². The van der Waals surface area contributed by atoms with Crippen molar-refractivity contribution in [2.45, 2.75) is 13.8 Å². The summed E-state index contributed by atoms with van der Waals surface area (Å²) >= 11 is 8.90. The number of aromatic nitrogens is 1. The van der Waals surface area contributed by atoms with E-state index in [2.05, 4.69) is 40.1 Å². The first-order valence-electron chi connectivity index (χ1n) is 8.09. The summed E-state index contributed by atoms with van der Waals surface area (Å²) in [5, 5.41) is 0.750. The molecule has 1 N–H and O–H groups in total. The first-order valence-corrected chi connectivity index (χ1v) is 10.1. The van der Waals surface area contributed by atoms with Gasteiger partial charge in [0.25, 0.3) is 5.91 Å². The Hall–Kier alpha value is -1.47. The molecule has 3 aromatic rings. The van der Waals surface area contributed by atoms with E-state index in [1.54, 1.807) is 28.4 Å². The van der Waals surface area contributed by atoms with Gasteiger partial charge in [0, 0.05) is 0 Å². The van der Waals surface area contributed by atoms with Crippen LogP contribution in [0.15, 0.2) is 24.3 Å². The molecule has 0 unspecified atom stereocenters. The predicted molar refractivity (Wildman–Crippen MR) is 108 cm³/mol. The smallest absolute Gasteiger partial charge is 0.270 e. The number of anilines is 1. The van der Waals surface area contributed by atoms with Crippen molar-refractivity contribution >= 4 is 55.5 Å². The molecule has 2 heterocycles. The lowest BCUT2D eigenvalue weighted by Gasteiger charge is -2.19. The van der Waals surface area contributed by atoms with Gasteiger partial charge in [0.1, 0.15) is 0 Å². The predicted octanol–water partition coefficient (Wildman–Crippen LogP) is 3.42. The van der Waals surface area contributed by atoms with Gasteiger partial charge in [-0.1, -0.05) is 29.0 Å². The maximum Gasteiger partial charge on any atom is 0.270 e. The number of halogens is 1. The molecule has 3 rings (SSSR count). The Labute approximate surface area is 160 Å². The van der Waals surface area contributed by atoms with Crippen molar-refractivity contribution in [3.05, 3.63) is 44.6 Å².